The summed E-state index contributed by atoms with van der Waals surface area (Å²) in [5.74, 6) is 0.850. The molecule has 0 spiro atoms. The Balaban J connectivity index is 2.26. The van der Waals surface area contributed by atoms with Gasteiger partial charge in [-0.3, -0.25) is 0 Å². The highest BCUT2D eigenvalue weighted by molar-refractivity contribution is 5.34. The zero-order valence-corrected chi connectivity index (χ0v) is 11.1. The van der Waals surface area contributed by atoms with Gasteiger partial charge in [0, 0.05) is 12.4 Å². The second-order valence-corrected chi connectivity index (χ2v) is 4.52. The van der Waals surface area contributed by atoms with Gasteiger partial charge >= 0.3 is 0 Å². The van der Waals surface area contributed by atoms with Gasteiger partial charge in [0.1, 0.15) is 5.82 Å². The van der Waals surface area contributed by atoms with Crippen molar-refractivity contribution in [1.82, 2.24) is 15.3 Å². The van der Waals surface area contributed by atoms with Crippen LogP contribution in [0, 0.1) is 13.8 Å². The molecule has 94 valence electrons. The van der Waals surface area contributed by atoms with Gasteiger partial charge in [0.2, 0.25) is 0 Å². The summed E-state index contributed by atoms with van der Waals surface area (Å²) >= 11 is 0. The summed E-state index contributed by atoms with van der Waals surface area (Å²) in [6.07, 6.45) is 4.49. The lowest BCUT2D eigenvalue weighted by molar-refractivity contribution is 0.555. The van der Waals surface area contributed by atoms with Crippen molar-refractivity contribution in [3.8, 4) is 0 Å². The zero-order valence-electron chi connectivity index (χ0n) is 11.1. The van der Waals surface area contributed by atoms with Crippen molar-refractivity contribution in [2.24, 2.45) is 0 Å². The molecule has 3 heteroatoms. The predicted octanol–water partition coefficient (Wildman–Crippen LogP) is 2.60. The highest BCUT2D eigenvalue weighted by Gasteiger charge is 2.14. The van der Waals surface area contributed by atoms with Gasteiger partial charge in [-0.1, -0.05) is 18.2 Å². The maximum absolute atomic E-state index is 4.33. The van der Waals surface area contributed by atoms with Crippen LogP contribution >= 0.6 is 0 Å². The maximum Gasteiger partial charge on any atom is 0.145 e. The van der Waals surface area contributed by atoms with E-state index in [1.165, 1.54) is 16.7 Å². The van der Waals surface area contributed by atoms with Crippen LogP contribution in [0.4, 0.5) is 0 Å². The zero-order chi connectivity index (χ0) is 13.0. The van der Waals surface area contributed by atoms with E-state index in [4.69, 9.17) is 0 Å². The van der Waals surface area contributed by atoms with Crippen molar-refractivity contribution in [3.05, 3.63) is 59.2 Å². The van der Waals surface area contributed by atoms with Gasteiger partial charge in [-0.15, -0.1) is 0 Å². The third-order valence-corrected chi connectivity index (χ3v) is 3.30. The SMILES string of the molecule is CNC(Cc1c(C)cccc1C)c1ncccn1. The number of hydrogen-bond acceptors (Lipinski definition) is 3. The second kappa shape index (κ2) is 5.74. The van der Waals surface area contributed by atoms with Crippen LogP contribution in [0.25, 0.3) is 0 Å². The molecular formula is C15H19N3. The molecule has 2 rings (SSSR count). The monoisotopic (exact) mass is 241 g/mol. The summed E-state index contributed by atoms with van der Waals surface area (Å²) < 4.78 is 0. The lowest BCUT2D eigenvalue weighted by Gasteiger charge is -2.17. The number of likely N-dealkylation sites (N-methyl/N-ethyl adjacent to an activating group) is 1. The number of nitrogens with zero attached hydrogens (tertiary/aromatic N) is 2. The Labute approximate surface area is 108 Å². The van der Waals surface area contributed by atoms with Crippen LogP contribution in [0.1, 0.15) is 28.6 Å². The van der Waals surface area contributed by atoms with Crippen molar-refractivity contribution in [2.45, 2.75) is 26.3 Å². The first kappa shape index (κ1) is 12.7. The van der Waals surface area contributed by atoms with Crippen molar-refractivity contribution >= 4 is 0 Å². The number of aromatic nitrogens is 2. The Bertz CT molecular complexity index is 488. The number of aryl methyl sites for hydroxylation is 2. The van der Waals surface area contributed by atoms with E-state index in [0.717, 1.165) is 12.2 Å². The molecule has 1 N–H and O–H groups in total. The molecule has 1 heterocycles. The average molecular weight is 241 g/mol. The summed E-state index contributed by atoms with van der Waals surface area (Å²) in [5, 5.41) is 3.30. The number of nitrogens with one attached hydrogen (secondary N) is 1. The lowest BCUT2D eigenvalue weighted by Crippen LogP contribution is -2.22. The number of hydrogen-bond donors (Lipinski definition) is 1. The molecule has 3 nitrogen and oxygen atoms in total. The normalized spacial score (nSPS) is 12.4. The molecular weight excluding hydrogens is 222 g/mol. The molecule has 0 bridgehead atoms. The molecule has 0 saturated carbocycles. The van der Waals surface area contributed by atoms with Crippen LogP contribution in [0.3, 0.4) is 0 Å². The second-order valence-electron chi connectivity index (χ2n) is 4.52. The molecule has 1 aromatic heterocycles. The Morgan fingerprint density at radius 2 is 1.67 bits per heavy atom. The third kappa shape index (κ3) is 2.74. The van der Waals surface area contributed by atoms with E-state index < -0.39 is 0 Å². The van der Waals surface area contributed by atoms with Gasteiger partial charge in [0.25, 0.3) is 0 Å². The van der Waals surface area contributed by atoms with Crippen molar-refractivity contribution in [2.75, 3.05) is 7.05 Å². The number of rotatable bonds is 4. The Kier molecular flexibility index (Phi) is 4.05. The first-order valence-electron chi connectivity index (χ1n) is 6.21. The van der Waals surface area contributed by atoms with E-state index in [-0.39, 0.29) is 6.04 Å². The minimum Gasteiger partial charge on any atom is -0.310 e. The molecule has 0 fully saturated rings. The summed E-state index contributed by atoms with van der Waals surface area (Å²) in [6, 6.07) is 8.41. The molecule has 0 aliphatic rings. The fraction of sp³-hybridized carbons (Fsp3) is 0.333. The highest BCUT2D eigenvalue weighted by Crippen LogP contribution is 2.20. The van der Waals surface area contributed by atoms with Gasteiger partial charge in [-0.2, -0.15) is 0 Å². The van der Waals surface area contributed by atoms with Gasteiger partial charge in [-0.05, 0) is 50.1 Å². The highest BCUT2D eigenvalue weighted by atomic mass is 15.0. The van der Waals surface area contributed by atoms with Gasteiger partial charge < -0.3 is 5.32 Å². The first-order valence-corrected chi connectivity index (χ1v) is 6.21. The maximum atomic E-state index is 4.33. The average Bonchev–Trinajstić information content (AvgIpc) is 2.40. The van der Waals surface area contributed by atoms with Crippen LogP contribution in [0.2, 0.25) is 0 Å². The smallest absolute Gasteiger partial charge is 0.145 e. The molecule has 0 saturated heterocycles. The first-order chi connectivity index (χ1) is 8.72. The summed E-state index contributed by atoms with van der Waals surface area (Å²) in [5.41, 5.74) is 4.03. The predicted molar refractivity (Wildman–Crippen MR) is 73.5 cm³/mol. The van der Waals surface area contributed by atoms with Crippen LogP contribution in [-0.2, 0) is 6.42 Å². The fourth-order valence-electron chi connectivity index (χ4n) is 2.19. The van der Waals surface area contributed by atoms with Crippen LogP contribution in [0.5, 0.6) is 0 Å². The molecule has 18 heavy (non-hydrogen) atoms. The Morgan fingerprint density at radius 3 is 2.22 bits per heavy atom. The van der Waals surface area contributed by atoms with E-state index in [0.29, 0.717) is 0 Å². The summed E-state index contributed by atoms with van der Waals surface area (Å²) in [4.78, 5) is 8.66. The van der Waals surface area contributed by atoms with Crippen LogP contribution in [-0.4, -0.2) is 17.0 Å². The third-order valence-electron chi connectivity index (χ3n) is 3.30. The minimum absolute atomic E-state index is 0.158. The van der Waals surface area contributed by atoms with Gasteiger partial charge in [0.05, 0.1) is 6.04 Å². The van der Waals surface area contributed by atoms with Crippen molar-refractivity contribution in [1.29, 1.82) is 0 Å². The lowest BCUT2D eigenvalue weighted by atomic mass is 9.96. The molecule has 0 amide bonds. The molecule has 1 aromatic carbocycles. The van der Waals surface area contributed by atoms with E-state index >= 15 is 0 Å². The topological polar surface area (TPSA) is 37.8 Å². The Morgan fingerprint density at radius 1 is 1.06 bits per heavy atom. The van der Waals surface area contributed by atoms with Crippen LogP contribution in [0.15, 0.2) is 36.7 Å². The van der Waals surface area contributed by atoms with Crippen molar-refractivity contribution < 1.29 is 0 Å². The summed E-state index contributed by atoms with van der Waals surface area (Å²) in [7, 11) is 1.95. The van der Waals surface area contributed by atoms with E-state index in [2.05, 4.69) is 47.3 Å². The summed E-state index contributed by atoms with van der Waals surface area (Å²) in [6.45, 7) is 4.31. The van der Waals surface area contributed by atoms with Gasteiger partial charge in [-0.25, -0.2) is 9.97 Å². The molecule has 1 unspecified atom stereocenters. The molecule has 1 atom stereocenters. The number of benzene rings is 1. The molecule has 2 aromatic rings. The molecule has 0 aliphatic carbocycles. The molecule has 0 radical (unpaired) electrons. The largest absolute Gasteiger partial charge is 0.310 e. The van der Waals surface area contributed by atoms with Gasteiger partial charge in [0.15, 0.2) is 0 Å². The molecule has 0 aliphatic heterocycles. The standard InChI is InChI=1S/C15H19N3/c1-11-6-4-7-12(2)13(11)10-14(16-3)15-17-8-5-9-18-15/h4-9,14,16H,10H2,1-3H3. The van der Waals surface area contributed by atoms with Crippen LogP contribution < -0.4 is 5.32 Å². The van der Waals surface area contributed by atoms with E-state index in [9.17, 15) is 0 Å². The Hall–Kier alpha value is -1.74. The quantitative estimate of drug-likeness (QED) is 0.894. The van der Waals surface area contributed by atoms with E-state index in [1.54, 1.807) is 12.4 Å². The fourth-order valence-corrected chi connectivity index (χ4v) is 2.19. The minimum atomic E-state index is 0.158. The van der Waals surface area contributed by atoms with E-state index in [1.807, 2.05) is 13.1 Å². The van der Waals surface area contributed by atoms with Crippen molar-refractivity contribution in [3.63, 3.8) is 0 Å².